The molecule has 0 saturated carbocycles. The number of aromatic nitrogens is 1. The van der Waals surface area contributed by atoms with Gasteiger partial charge in [0.05, 0.1) is 0 Å². The monoisotopic (exact) mass is 293 g/mol. The highest BCUT2D eigenvalue weighted by atomic mass is 35.5. The van der Waals surface area contributed by atoms with Crippen molar-refractivity contribution in [3.05, 3.63) is 52.2 Å². The lowest BCUT2D eigenvalue weighted by molar-refractivity contribution is 0.462. The van der Waals surface area contributed by atoms with E-state index < -0.39 is 0 Å². The molecule has 98 valence electrons. The van der Waals surface area contributed by atoms with Gasteiger partial charge in [0.15, 0.2) is 0 Å². The minimum atomic E-state index is 0.395. The SMILES string of the molecule is ClCc1cnc(Oc2ccc3c(c2)CCC3)c(Cl)c1. The molecule has 1 aliphatic rings. The number of rotatable bonds is 3. The van der Waals surface area contributed by atoms with Crippen LogP contribution in [-0.4, -0.2) is 4.98 Å². The zero-order valence-electron chi connectivity index (χ0n) is 10.3. The van der Waals surface area contributed by atoms with E-state index in [4.69, 9.17) is 27.9 Å². The summed E-state index contributed by atoms with van der Waals surface area (Å²) in [6, 6.07) is 7.95. The van der Waals surface area contributed by atoms with Crippen molar-refractivity contribution in [2.24, 2.45) is 0 Å². The summed E-state index contributed by atoms with van der Waals surface area (Å²) in [4.78, 5) is 4.20. The zero-order chi connectivity index (χ0) is 13.2. The molecule has 2 aromatic rings. The lowest BCUT2D eigenvalue weighted by atomic mass is 10.1. The first-order valence-electron chi connectivity index (χ1n) is 6.26. The van der Waals surface area contributed by atoms with Gasteiger partial charge in [0.1, 0.15) is 10.8 Å². The average Bonchev–Trinajstić information content (AvgIpc) is 2.88. The van der Waals surface area contributed by atoms with Gasteiger partial charge in [0.2, 0.25) is 5.88 Å². The summed E-state index contributed by atoms with van der Waals surface area (Å²) in [5.41, 5.74) is 3.67. The Morgan fingerprint density at radius 2 is 2.00 bits per heavy atom. The van der Waals surface area contributed by atoms with Crippen LogP contribution in [0.25, 0.3) is 0 Å². The molecule has 1 aromatic heterocycles. The molecule has 1 heterocycles. The summed E-state index contributed by atoms with van der Waals surface area (Å²) >= 11 is 11.9. The van der Waals surface area contributed by atoms with Crippen molar-refractivity contribution in [3.63, 3.8) is 0 Å². The molecule has 1 aliphatic carbocycles. The molecule has 0 fully saturated rings. The van der Waals surface area contributed by atoms with Crippen molar-refractivity contribution in [2.45, 2.75) is 25.1 Å². The molecule has 0 bridgehead atoms. The number of hydrogen-bond acceptors (Lipinski definition) is 2. The Morgan fingerprint density at radius 1 is 1.16 bits per heavy atom. The molecule has 0 unspecified atom stereocenters. The molecule has 0 atom stereocenters. The number of halogens is 2. The Kier molecular flexibility index (Phi) is 3.63. The molecule has 4 heteroatoms. The third kappa shape index (κ3) is 2.70. The first-order chi connectivity index (χ1) is 9.26. The molecule has 19 heavy (non-hydrogen) atoms. The van der Waals surface area contributed by atoms with Crippen LogP contribution >= 0.6 is 23.2 Å². The number of benzene rings is 1. The Morgan fingerprint density at radius 3 is 2.79 bits per heavy atom. The summed E-state index contributed by atoms with van der Waals surface area (Å²) in [6.07, 6.45) is 5.20. The van der Waals surface area contributed by atoms with E-state index in [1.54, 1.807) is 12.3 Å². The van der Waals surface area contributed by atoms with E-state index in [1.807, 2.05) is 6.07 Å². The Hall–Kier alpha value is -1.25. The fourth-order valence-electron chi connectivity index (χ4n) is 2.34. The van der Waals surface area contributed by atoms with Crippen LogP contribution in [0.4, 0.5) is 0 Å². The average molecular weight is 294 g/mol. The second kappa shape index (κ2) is 5.40. The van der Waals surface area contributed by atoms with Crippen LogP contribution in [0.15, 0.2) is 30.5 Å². The summed E-state index contributed by atoms with van der Waals surface area (Å²) in [5.74, 6) is 1.61. The summed E-state index contributed by atoms with van der Waals surface area (Å²) < 4.78 is 5.75. The molecular formula is C15H13Cl2NO. The second-order valence-electron chi connectivity index (χ2n) is 4.65. The van der Waals surface area contributed by atoms with Crippen molar-refractivity contribution in [1.29, 1.82) is 0 Å². The summed E-state index contributed by atoms with van der Waals surface area (Å²) in [5, 5.41) is 0.485. The first-order valence-corrected chi connectivity index (χ1v) is 7.17. The largest absolute Gasteiger partial charge is 0.438 e. The first kappa shape index (κ1) is 12.8. The molecule has 0 aliphatic heterocycles. The standard InChI is InChI=1S/C15H13Cl2NO/c16-8-10-6-14(17)15(18-9-10)19-13-5-4-11-2-1-3-12(11)7-13/h4-7,9H,1-3,8H2. The Balaban J connectivity index is 1.85. The quantitative estimate of drug-likeness (QED) is 0.762. The highest BCUT2D eigenvalue weighted by Gasteiger charge is 2.12. The van der Waals surface area contributed by atoms with Gasteiger partial charge < -0.3 is 4.74 Å². The fraction of sp³-hybridized carbons (Fsp3) is 0.267. The summed E-state index contributed by atoms with van der Waals surface area (Å²) in [7, 11) is 0. The maximum atomic E-state index is 6.13. The predicted octanol–water partition coefficient (Wildman–Crippen LogP) is 4.75. The number of aryl methyl sites for hydroxylation is 2. The van der Waals surface area contributed by atoms with Gasteiger partial charge >= 0.3 is 0 Å². The molecular weight excluding hydrogens is 281 g/mol. The van der Waals surface area contributed by atoms with Crippen LogP contribution < -0.4 is 4.74 Å². The maximum Gasteiger partial charge on any atom is 0.238 e. The molecule has 2 nitrogen and oxygen atoms in total. The van der Waals surface area contributed by atoms with Gasteiger partial charge in [-0.25, -0.2) is 4.98 Å². The number of nitrogens with zero attached hydrogens (tertiary/aromatic N) is 1. The van der Waals surface area contributed by atoms with E-state index in [-0.39, 0.29) is 0 Å². The van der Waals surface area contributed by atoms with E-state index in [0.29, 0.717) is 16.8 Å². The number of alkyl halides is 1. The third-order valence-corrected chi connectivity index (χ3v) is 3.88. The van der Waals surface area contributed by atoms with Gasteiger partial charge in [-0.15, -0.1) is 11.6 Å². The van der Waals surface area contributed by atoms with Crippen LogP contribution in [0.3, 0.4) is 0 Å². The molecule has 3 rings (SSSR count). The lowest BCUT2D eigenvalue weighted by Gasteiger charge is -2.08. The van der Waals surface area contributed by atoms with Crippen molar-refractivity contribution in [1.82, 2.24) is 4.98 Å². The van der Waals surface area contributed by atoms with Gasteiger partial charge in [0.25, 0.3) is 0 Å². The van der Waals surface area contributed by atoms with Crippen LogP contribution in [-0.2, 0) is 18.7 Å². The maximum absolute atomic E-state index is 6.13. The Bertz CT molecular complexity index is 613. The van der Waals surface area contributed by atoms with Gasteiger partial charge in [-0.05, 0) is 54.2 Å². The Labute approximate surface area is 122 Å². The molecule has 0 N–H and O–H groups in total. The van der Waals surface area contributed by atoms with E-state index in [0.717, 1.165) is 17.7 Å². The normalized spacial score (nSPS) is 13.4. The minimum absolute atomic E-state index is 0.395. The molecule has 0 spiro atoms. The number of ether oxygens (including phenoxy) is 1. The van der Waals surface area contributed by atoms with Crippen molar-refractivity contribution in [2.75, 3.05) is 0 Å². The van der Waals surface area contributed by atoms with E-state index in [2.05, 4.69) is 17.1 Å². The second-order valence-corrected chi connectivity index (χ2v) is 5.32. The van der Waals surface area contributed by atoms with Crippen LogP contribution in [0.2, 0.25) is 5.02 Å². The predicted molar refractivity (Wildman–Crippen MR) is 77.3 cm³/mol. The van der Waals surface area contributed by atoms with Crippen molar-refractivity contribution < 1.29 is 4.74 Å². The lowest BCUT2D eigenvalue weighted by Crippen LogP contribution is -1.92. The van der Waals surface area contributed by atoms with Crippen molar-refractivity contribution in [3.8, 4) is 11.6 Å². The topological polar surface area (TPSA) is 22.1 Å². The van der Waals surface area contributed by atoms with Gasteiger partial charge in [-0.3, -0.25) is 0 Å². The molecule has 0 radical (unpaired) electrons. The van der Waals surface area contributed by atoms with E-state index in [9.17, 15) is 0 Å². The van der Waals surface area contributed by atoms with Gasteiger partial charge in [-0.1, -0.05) is 17.7 Å². The molecule has 1 aromatic carbocycles. The third-order valence-electron chi connectivity index (χ3n) is 3.30. The fourth-order valence-corrected chi connectivity index (χ4v) is 2.71. The molecule has 0 saturated heterocycles. The highest BCUT2D eigenvalue weighted by Crippen LogP contribution is 2.31. The number of fused-ring (bicyclic) bond motifs is 1. The zero-order valence-corrected chi connectivity index (χ0v) is 11.8. The smallest absolute Gasteiger partial charge is 0.238 e. The van der Waals surface area contributed by atoms with Crippen LogP contribution in [0.5, 0.6) is 11.6 Å². The van der Waals surface area contributed by atoms with Crippen LogP contribution in [0.1, 0.15) is 23.1 Å². The molecule has 0 amide bonds. The number of hydrogen-bond donors (Lipinski definition) is 0. The van der Waals surface area contributed by atoms with E-state index >= 15 is 0 Å². The number of pyridine rings is 1. The van der Waals surface area contributed by atoms with Gasteiger partial charge in [0, 0.05) is 12.1 Å². The van der Waals surface area contributed by atoms with E-state index in [1.165, 1.54) is 24.0 Å². The van der Waals surface area contributed by atoms with Gasteiger partial charge in [-0.2, -0.15) is 0 Å². The van der Waals surface area contributed by atoms with Crippen LogP contribution in [0, 0.1) is 0 Å². The summed E-state index contributed by atoms with van der Waals surface area (Å²) in [6.45, 7) is 0. The minimum Gasteiger partial charge on any atom is -0.438 e. The van der Waals surface area contributed by atoms with Crippen molar-refractivity contribution >= 4 is 23.2 Å². The highest BCUT2D eigenvalue weighted by molar-refractivity contribution is 6.32.